The first kappa shape index (κ1) is 14.3. The normalized spacial score (nSPS) is 9.90. The van der Waals surface area contributed by atoms with E-state index in [0.29, 0.717) is 11.7 Å². The maximum absolute atomic E-state index is 5.26. The smallest absolute Gasteiger partial charge is 0.172 e. The van der Waals surface area contributed by atoms with Gasteiger partial charge in [0, 0.05) is 12.7 Å². The van der Waals surface area contributed by atoms with Crippen molar-refractivity contribution in [2.45, 2.75) is 13.5 Å². The molecule has 2 N–H and O–H groups in total. The zero-order valence-electron chi connectivity index (χ0n) is 11.5. The number of nitrogens with one attached hydrogen (secondary N) is 2. The Balaban J connectivity index is 1.87. The Morgan fingerprint density at radius 3 is 2.65 bits per heavy atom. The molecule has 0 spiro atoms. The number of hydrogen-bond acceptors (Lipinski definition) is 3. The fraction of sp³-hybridized carbons (Fsp3) is 0.200. The van der Waals surface area contributed by atoms with E-state index >= 15 is 0 Å². The third-order valence-electron chi connectivity index (χ3n) is 2.85. The molecule has 0 bridgehead atoms. The summed E-state index contributed by atoms with van der Waals surface area (Å²) in [5.74, 6) is 1.62. The molecule has 0 unspecified atom stereocenters. The zero-order chi connectivity index (χ0) is 14.4. The van der Waals surface area contributed by atoms with E-state index in [-0.39, 0.29) is 0 Å². The number of hydrogen-bond donors (Lipinski definition) is 2. The van der Waals surface area contributed by atoms with Gasteiger partial charge >= 0.3 is 0 Å². The van der Waals surface area contributed by atoms with Crippen molar-refractivity contribution in [1.29, 1.82) is 0 Å². The molecule has 0 aliphatic heterocycles. The van der Waals surface area contributed by atoms with Gasteiger partial charge in [-0.1, -0.05) is 18.2 Å². The molecule has 2 rings (SSSR count). The lowest BCUT2D eigenvalue weighted by Gasteiger charge is -2.11. The fourth-order valence-corrected chi connectivity index (χ4v) is 1.86. The Labute approximate surface area is 124 Å². The maximum Gasteiger partial charge on any atom is 0.172 e. The molecule has 1 heterocycles. The topological polar surface area (TPSA) is 46.2 Å². The molecule has 104 valence electrons. The van der Waals surface area contributed by atoms with E-state index in [1.165, 1.54) is 0 Å². The lowest BCUT2D eigenvalue weighted by atomic mass is 10.2. The highest BCUT2D eigenvalue weighted by Crippen LogP contribution is 2.11. The lowest BCUT2D eigenvalue weighted by Crippen LogP contribution is -2.28. The van der Waals surface area contributed by atoms with E-state index in [0.717, 1.165) is 22.7 Å². The molecule has 0 amide bonds. The lowest BCUT2D eigenvalue weighted by molar-refractivity contribution is 0.414. The van der Waals surface area contributed by atoms with Gasteiger partial charge in [0.05, 0.1) is 7.11 Å². The van der Waals surface area contributed by atoms with Crippen LogP contribution in [0.3, 0.4) is 0 Å². The molecule has 2 aromatic rings. The van der Waals surface area contributed by atoms with Gasteiger partial charge in [0.1, 0.15) is 11.6 Å². The van der Waals surface area contributed by atoms with E-state index in [1.54, 1.807) is 13.3 Å². The Morgan fingerprint density at radius 1 is 1.25 bits per heavy atom. The number of rotatable bonds is 4. The van der Waals surface area contributed by atoms with E-state index in [4.69, 9.17) is 17.0 Å². The third-order valence-corrected chi connectivity index (χ3v) is 3.10. The SMILES string of the molecule is COc1ccc(CNC(=S)Nc2ncccc2C)cc1. The first-order chi connectivity index (χ1) is 9.69. The third kappa shape index (κ3) is 3.93. The summed E-state index contributed by atoms with van der Waals surface area (Å²) in [6.45, 7) is 2.64. The second-order valence-corrected chi connectivity index (χ2v) is 4.73. The van der Waals surface area contributed by atoms with Crippen LogP contribution in [0.5, 0.6) is 5.75 Å². The second-order valence-electron chi connectivity index (χ2n) is 4.32. The van der Waals surface area contributed by atoms with E-state index in [2.05, 4.69) is 15.6 Å². The van der Waals surface area contributed by atoms with Crippen LogP contribution in [0.25, 0.3) is 0 Å². The summed E-state index contributed by atoms with van der Waals surface area (Å²) in [4.78, 5) is 4.24. The molecule has 0 atom stereocenters. The Morgan fingerprint density at radius 2 is 2.00 bits per heavy atom. The van der Waals surface area contributed by atoms with Crippen LogP contribution < -0.4 is 15.4 Å². The van der Waals surface area contributed by atoms with Gasteiger partial charge in [-0.05, 0) is 48.5 Å². The molecule has 0 aliphatic rings. The molecule has 0 aliphatic carbocycles. The summed E-state index contributed by atoms with van der Waals surface area (Å²) in [6, 6.07) is 11.7. The first-order valence-corrected chi connectivity index (χ1v) is 6.69. The number of thiocarbonyl (C=S) groups is 1. The van der Waals surface area contributed by atoms with Crippen molar-refractivity contribution in [2.75, 3.05) is 12.4 Å². The summed E-state index contributed by atoms with van der Waals surface area (Å²) in [6.07, 6.45) is 1.74. The minimum absolute atomic E-state index is 0.558. The molecule has 5 heteroatoms. The average Bonchev–Trinajstić information content (AvgIpc) is 2.48. The van der Waals surface area contributed by atoms with Crippen LogP contribution in [0.15, 0.2) is 42.6 Å². The van der Waals surface area contributed by atoms with Crippen LogP contribution in [0.2, 0.25) is 0 Å². The minimum Gasteiger partial charge on any atom is -0.497 e. The first-order valence-electron chi connectivity index (χ1n) is 6.28. The maximum atomic E-state index is 5.26. The molecule has 4 nitrogen and oxygen atoms in total. The Hall–Kier alpha value is -2.14. The molecule has 0 saturated heterocycles. The zero-order valence-corrected chi connectivity index (χ0v) is 12.3. The minimum atomic E-state index is 0.558. The number of methoxy groups -OCH3 is 1. The standard InChI is InChI=1S/C15H17N3OS/c1-11-4-3-9-16-14(11)18-15(20)17-10-12-5-7-13(19-2)8-6-12/h3-9H,10H2,1-2H3,(H2,16,17,18,20). The molecular formula is C15H17N3OS. The molecule has 1 aromatic heterocycles. The molecule has 0 saturated carbocycles. The fourth-order valence-electron chi connectivity index (χ4n) is 1.69. The van der Waals surface area contributed by atoms with E-state index < -0.39 is 0 Å². The van der Waals surface area contributed by atoms with Gasteiger partial charge in [-0.25, -0.2) is 4.98 Å². The van der Waals surface area contributed by atoms with Crippen molar-refractivity contribution in [2.24, 2.45) is 0 Å². The van der Waals surface area contributed by atoms with Gasteiger partial charge in [0.15, 0.2) is 5.11 Å². The summed E-state index contributed by atoms with van der Waals surface area (Å²) >= 11 is 5.26. The van der Waals surface area contributed by atoms with Crippen molar-refractivity contribution in [3.8, 4) is 5.75 Å². The molecular weight excluding hydrogens is 270 g/mol. The van der Waals surface area contributed by atoms with Crippen molar-refractivity contribution in [1.82, 2.24) is 10.3 Å². The van der Waals surface area contributed by atoms with Crippen LogP contribution >= 0.6 is 12.2 Å². The highest BCUT2D eigenvalue weighted by molar-refractivity contribution is 7.80. The van der Waals surface area contributed by atoms with Gasteiger partial charge in [-0.3, -0.25) is 0 Å². The molecule has 0 fully saturated rings. The van der Waals surface area contributed by atoms with Crippen molar-refractivity contribution in [3.63, 3.8) is 0 Å². The number of anilines is 1. The monoisotopic (exact) mass is 287 g/mol. The highest BCUT2D eigenvalue weighted by Gasteiger charge is 2.01. The Kier molecular flexibility index (Phi) is 4.90. The summed E-state index contributed by atoms with van der Waals surface area (Å²) in [5, 5.41) is 6.80. The van der Waals surface area contributed by atoms with Crippen molar-refractivity contribution < 1.29 is 4.74 Å². The summed E-state index contributed by atoms with van der Waals surface area (Å²) in [7, 11) is 1.65. The number of pyridine rings is 1. The second kappa shape index (κ2) is 6.86. The number of ether oxygens (including phenoxy) is 1. The summed E-state index contributed by atoms with van der Waals surface area (Å²) in [5.41, 5.74) is 2.19. The quantitative estimate of drug-likeness (QED) is 0.847. The van der Waals surface area contributed by atoms with Crippen LogP contribution in [0.4, 0.5) is 5.82 Å². The van der Waals surface area contributed by atoms with Gasteiger partial charge in [-0.2, -0.15) is 0 Å². The number of aromatic nitrogens is 1. The predicted molar refractivity (Wildman–Crippen MR) is 85.0 cm³/mol. The van der Waals surface area contributed by atoms with E-state index in [9.17, 15) is 0 Å². The van der Waals surface area contributed by atoms with Gasteiger partial charge < -0.3 is 15.4 Å². The van der Waals surface area contributed by atoms with Crippen LogP contribution in [-0.2, 0) is 6.54 Å². The van der Waals surface area contributed by atoms with Crippen LogP contribution in [0.1, 0.15) is 11.1 Å². The molecule has 0 radical (unpaired) electrons. The van der Waals surface area contributed by atoms with E-state index in [1.807, 2.05) is 43.3 Å². The van der Waals surface area contributed by atoms with Crippen LogP contribution in [-0.4, -0.2) is 17.2 Å². The van der Waals surface area contributed by atoms with Gasteiger partial charge in [-0.15, -0.1) is 0 Å². The summed E-state index contributed by atoms with van der Waals surface area (Å²) < 4.78 is 5.12. The van der Waals surface area contributed by atoms with Gasteiger partial charge in [0.2, 0.25) is 0 Å². The van der Waals surface area contributed by atoms with Crippen LogP contribution in [0, 0.1) is 6.92 Å². The number of aryl methyl sites for hydroxylation is 1. The largest absolute Gasteiger partial charge is 0.497 e. The van der Waals surface area contributed by atoms with Crippen molar-refractivity contribution in [3.05, 3.63) is 53.7 Å². The predicted octanol–water partition coefficient (Wildman–Crippen LogP) is 2.89. The Bertz CT molecular complexity index is 584. The number of benzene rings is 1. The average molecular weight is 287 g/mol. The molecule has 1 aromatic carbocycles. The number of nitrogens with zero attached hydrogens (tertiary/aromatic N) is 1. The van der Waals surface area contributed by atoms with Gasteiger partial charge in [0.25, 0.3) is 0 Å². The molecule has 20 heavy (non-hydrogen) atoms. The highest BCUT2D eigenvalue weighted by atomic mass is 32.1. The van der Waals surface area contributed by atoms with Crippen molar-refractivity contribution >= 4 is 23.1 Å².